The van der Waals surface area contributed by atoms with Crippen LogP contribution in [-0.4, -0.2) is 48.4 Å². The number of nitrogens with one attached hydrogen (secondary N) is 1. The Morgan fingerprint density at radius 3 is 2.83 bits per heavy atom. The molecule has 1 N–H and O–H groups in total. The number of ether oxygens (including phenoxy) is 1. The number of benzene rings is 1. The zero-order valence-corrected chi connectivity index (χ0v) is 14.1. The van der Waals surface area contributed by atoms with Gasteiger partial charge in [-0.3, -0.25) is 19.3 Å². The fraction of sp³-hybridized carbons (Fsp3) is 0.438. The zero-order chi connectivity index (χ0) is 16.4. The van der Waals surface area contributed by atoms with Crippen molar-refractivity contribution in [2.24, 2.45) is 0 Å². The number of halogens is 1. The number of carbonyl (C=O) groups excluding carboxylic acids is 3. The summed E-state index contributed by atoms with van der Waals surface area (Å²) in [6.45, 7) is 1.31. The largest absolute Gasteiger partial charge is 0.376 e. The van der Waals surface area contributed by atoms with E-state index in [1.807, 2.05) is 0 Å². The maximum atomic E-state index is 12.3. The third-order valence-electron chi connectivity index (χ3n) is 4.05. The fourth-order valence-corrected chi connectivity index (χ4v) is 3.16. The molecule has 1 fully saturated rings. The van der Waals surface area contributed by atoms with Crippen LogP contribution in [0.4, 0.5) is 0 Å². The minimum absolute atomic E-state index is 0.0793. The minimum atomic E-state index is -0.349. The quantitative estimate of drug-likeness (QED) is 0.789. The average Bonchev–Trinajstić information content (AvgIpc) is 3.12. The van der Waals surface area contributed by atoms with E-state index in [1.54, 1.807) is 18.2 Å². The molecule has 23 heavy (non-hydrogen) atoms. The smallest absolute Gasteiger partial charge is 0.261 e. The van der Waals surface area contributed by atoms with E-state index in [1.165, 1.54) is 0 Å². The molecule has 3 rings (SSSR count). The molecule has 122 valence electrons. The van der Waals surface area contributed by atoms with Gasteiger partial charge in [0.1, 0.15) is 0 Å². The molecule has 2 heterocycles. The highest BCUT2D eigenvalue weighted by Gasteiger charge is 2.35. The van der Waals surface area contributed by atoms with Crippen molar-refractivity contribution in [3.63, 3.8) is 0 Å². The van der Waals surface area contributed by atoms with Gasteiger partial charge in [0.25, 0.3) is 11.8 Å². The molecular formula is C16H17BrN2O4. The Kier molecular flexibility index (Phi) is 4.77. The SMILES string of the molecule is O=C(CCN1C(=O)c2ccc(Br)cc2C1=O)NC[C@H]1CCCO1. The second-order valence-electron chi connectivity index (χ2n) is 5.64. The maximum Gasteiger partial charge on any atom is 0.261 e. The van der Waals surface area contributed by atoms with Crippen LogP contribution in [-0.2, 0) is 9.53 Å². The van der Waals surface area contributed by atoms with Gasteiger partial charge >= 0.3 is 0 Å². The van der Waals surface area contributed by atoms with E-state index in [0.29, 0.717) is 17.7 Å². The summed E-state index contributed by atoms with van der Waals surface area (Å²) in [6, 6.07) is 4.98. The van der Waals surface area contributed by atoms with Gasteiger partial charge in [-0.2, -0.15) is 0 Å². The molecule has 0 unspecified atom stereocenters. The van der Waals surface area contributed by atoms with Crippen LogP contribution < -0.4 is 5.32 Å². The molecule has 0 aromatic heterocycles. The molecule has 7 heteroatoms. The molecule has 1 saturated heterocycles. The predicted molar refractivity (Wildman–Crippen MR) is 86.1 cm³/mol. The van der Waals surface area contributed by atoms with Crippen molar-refractivity contribution in [3.05, 3.63) is 33.8 Å². The van der Waals surface area contributed by atoms with Crippen molar-refractivity contribution < 1.29 is 19.1 Å². The molecule has 1 aromatic carbocycles. The summed E-state index contributed by atoms with van der Waals surface area (Å²) < 4.78 is 6.18. The molecule has 1 aromatic rings. The summed E-state index contributed by atoms with van der Waals surface area (Å²) in [6.07, 6.45) is 2.15. The topological polar surface area (TPSA) is 75.7 Å². The lowest BCUT2D eigenvalue weighted by molar-refractivity contribution is -0.121. The van der Waals surface area contributed by atoms with Gasteiger partial charge in [-0.25, -0.2) is 0 Å². The number of hydrogen-bond acceptors (Lipinski definition) is 4. The first-order valence-electron chi connectivity index (χ1n) is 7.60. The number of hydrogen-bond donors (Lipinski definition) is 1. The highest BCUT2D eigenvalue weighted by Crippen LogP contribution is 2.26. The molecule has 2 aliphatic heterocycles. The van der Waals surface area contributed by atoms with Crippen LogP contribution in [0.2, 0.25) is 0 Å². The Morgan fingerprint density at radius 2 is 2.09 bits per heavy atom. The lowest BCUT2D eigenvalue weighted by atomic mass is 10.1. The number of carbonyl (C=O) groups is 3. The summed E-state index contributed by atoms with van der Waals surface area (Å²) in [5, 5.41) is 2.79. The number of imide groups is 1. The van der Waals surface area contributed by atoms with Gasteiger partial charge in [0.2, 0.25) is 5.91 Å². The van der Waals surface area contributed by atoms with Crippen LogP contribution in [0.25, 0.3) is 0 Å². The van der Waals surface area contributed by atoms with Crippen molar-refractivity contribution in [3.8, 4) is 0 Å². The maximum absolute atomic E-state index is 12.3. The first-order chi connectivity index (χ1) is 11.1. The second kappa shape index (κ2) is 6.80. The lowest BCUT2D eigenvalue weighted by Gasteiger charge is -2.14. The van der Waals surface area contributed by atoms with Crippen LogP contribution in [0.3, 0.4) is 0 Å². The summed E-state index contributed by atoms with van der Waals surface area (Å²) in [4.78, 5) is 37.5. The third kappa shape index (κ3) is 3.45. The molecule has 2 aliphatic rings. The Balaban J connectivity index is 1.53. The van der Waals surface area contributed by atoms with Crippen LogP contribution >= 0.6 is 15.9 Å². The molecule has 0 aliphatic carbocycles. The zero-order valence-electron chi connectivity index (χ0n) is 12.5. The molecule has 1 atom stereocenters. The highest BCUT2D eigenvalue weighted by molar-refractivity contribution is 9.10. The first kappa shape index (κ1) is 16.1. The van der Waals surface area contributed by atoms with Gasteiger partial charge in [-0.15, -0.1) is 0 Å². The van der Waals surface area contributed by atoms with Crippen LogP contribution in [0.5, 0.6) is 0 Å². The first-order valence-corrected chi connectivity index (χ1v) is 8.39. The van der Waals surface area contributed by atoms with E-state index >= 15 is 0 Å². The summed E-state index contributed by atoms with van der Waals surface area (Å²) >= 11 is 3.29. The van der Waals surface area contributed by atoms with E-state index in [0.717, 1.165) is 28.8 Å². The molecule has 0 spiro atoms. The van der Waals surface area contributed by atoms with E-state index in [2.05, 4.69) is 21.2 Å². The number of rotatable bonds is 5. The van der Waals surface area contributed by atoms with Gasteiger partial charge in [0.15, 0.2) is 0 Å². The summed E-state index contributed by atoms with van der Waals surface area (Å²) in [5.41, 5.74) is 0.766. The second-order valence-corrected chi connectivity index (χ2v) is 6.56. The van der Waals surface area contributed by atoms with E-state index in [-0.39, 0.29) is 36.8 Å². The number of fused-ring (bicyclic) bond motifs is 1. The van der Waals surface area contributed by atoms with Gasteiger partial charge in [0, 0.05) is 30.6 Å². The van der Waals surface area contributed by atoms with Crippen molar-refractivity contribution in [1.29, 1.82) is 0 Å². The van der Waals surface area contributed by atoms with Crippen molar-refractivity contribution in [1.82, 2.24) is 10.2 Å². The molecule has 3 amide bonds. The Morgan fingerprint density at radius 1 is 1.30 bits per heavy atom. The van der Waals surface area contributed by atoms with Gasteiger partial charge in [-0.1, -0.05) is 15.9 Å². The van der Waals surface area contributed by atoms with Crippen LogP contribution in [0, 0.1) is 0 Å². The van der Waals surface area contributed by atoms with Crippen molar-refractivity contribution >= 4 is 33.7 Å². The molecule has 6 nitrogen and oxygen atoms in total. The molecule has 0 bridgehead atoms. The predicted octanol–water partition coefficient (Wildman–Crippen LogP) is 1.73. The van der Waals surface area contributed by atoms with Gasteiger partial charge in [-0.05, 0) is 31.0 Å². The Hall–Kier alpha value is -1.73. The molecule has 0 saturated carbocycles. The normalized spacial score (nSPS) is 20.0. The average molecular weight is 381 g/mol. The highest BCUT2D eigenvalue weighted by atomic mass is 79.9. The monoisotopic (exact) mass is 380 g/mol. The Bertz CT molecular complexity index is 655. The number of nitrogens with zero attached hydrogens (tertiary/aromatic N) is 1. The third-order valence-corrected chi connectivity index (χ3v) is 4.54. The summed E-state index contributed by atoms with van der Waals surface area (Å²) in [7, 11) is 0. The fourth-order valence-electron chi connectivity index (χ4n) is 2.80. The van der Waals surface area contributed by atoms with Crippen molar-refractivity contribution in [2.45, 2.75) is 25.4 Å². The Labute approximate surface area is 142 Å². The standard InChI is InChI=1S/C16H17BrN2O4/c17-10-3-4-12-13(8-10)16(22)19(15(12)21)6-5-14(20)18-9-11-2-1-7-23-11/h3-4,8,11H,1-2,5-7,9H2,(H,18,20)/t11-/m1/s1. The van der Waals surface area contributed by atoms with Gasteiger partial charge < -0.3 is 10.1 Å². The van der Waals surface area contributed by atoms with E-state index in [9.17, 15) is 14.4 Å². The lowest BCUT2D eigenvalue weighted by Crippen LogP contribution is -2.36. The van der Waals surface area contributed by atoms with Crippen molar-refractivity contribution in [2.75, 3.05) is 19.7 Å². The van der Waals surface area contributed by atoms with Crippen LogP contribution in [0.15, 0.2) is 22.7 Å². The van der Waals surface area contributed by atoms with Crippen LogP contribution in [0.1, 0.15) is 40.0 Å². The molecule has 0 radical (unpaired) electrons. The minimum Gasteiger partial charge on any atom is -0.376 e. The summed E-state index contributed by atoms with van der Waals surface area (Å²) in [5.74, 6) is -0.874. The van der Waals surface area contributed by atoms with E-state index in [4.69, 9.17) is 4.74 Å². The number of amides is 3. The van der Waals surface area contributed by atoms with Gasteiger partial charge in [0.05, 0.1) is 17.2 Å². The molecular weight excluding hydrogens is 364 g/mol. The van der Waals surface area contributed by atoms with E-state index < -0.39 is 0 Å².